The highest BCUT2D eigenvalue weighted by Crippen LogP contribution is 2.06. The minimum atomic E-state index is -0.345. The molecule has 1 rings (SSSR count). The molecule has 0 aliphatic carbocycles. The first-order valence-electron chi connectivity index (χ1n) is 3.09. The van der Waals surface area contributed by atoms with Crippen LogP contribution in [0.15, 0.2) is 0 Å². The molecule has 0 aromatic carbocycles. The fourth-order valence-electron chi connectivity index (χ4n) is 0.880. The molecule has 1 fully saturated rings. The SMILES string of the molecule is O=C1CC(NB(P)I)C(=O)N1. The summed E-state index contributed by atoms with van der Waals surface area (Å²) in [5.74, 6) is -0.423. The maximum Gasteiger partial charge on any atom is 0.317 e. The van der Waals surface area contributed by atoms with Gasteiger partial charge in [0.1, 0.15) is 0 Å². The number of hydrogen-bond donors (Lipinski definition) is 2. The van der Waals surface area contributed by atoms with E-state index in [-0.39, 0.29) is 28.7 Å². The molecule has 0 aromatic heterocycles. The van der Waals surface area contributed by atoms with E-state index in [0.717, 1.165) is 0 Å². The van der Waals surface area contributed by atoms with Crippen LogP contribution in [0.4, 0.5) is 0 Å². The van der Waals surface area contributed by atoms with E-state index in [1.54, 1.807) is 0 Å². The molecule has 2 N–H and O–H groups in total. The van der Waals surface area contributed by atoms with Gasteiger partial charge in [-0.1, -0.05) is 0 Å². The van der Waals surface area contributed by atoms with Crippen molar-refractivity contribution in [1.29, 1.82) is 0 Å². The van der Waals surface area contributed by atoms with Crippen LogP contribution in [-0.4, -0.2) is 22.3 Å². The summed E-state index contributed by atoms with van der Waals surface area (Å²) in [4.78, 5) is 21.6. The zero-order valence-electron chi connectivity index (χ0n) is 5.63. The molecule has 0 saturated carbocycles. The maximum absolute atomic E-state index is 10.9. The van der Waals surface area contributed by atoms with Gasteiger partial charge in [0.05, 0.1) is 12.5 Å². The first-order chi connectivity index (χ1) is 5.09. The Morgan fingerprint density at radius 1 is 1.73 bits per heavy atom. The number of rotatable bonds is 2. The molecular formula is C4H7BIN2O2P. The summed E-state index contributed by atoms with van der Waals surface area (Å²) in [5.41, 5.74) is 0. The van der Waals surface area contributed by atoms with E-state index < -0.39 is 0 Å². The first kappa shape index (κ1) is 9.41. The second kappa shape index (κ2) is 3.82. The molecule has 1 heterocycles. The van der Waals surface area contributed by atoms with Crippen molar-refractivity contribution in [2.24, 2.45) is 0 Å². The van der Waals surface area contributed by atoms with Crippen LogP contribution in [0, 0.1) is 0 Å². The molecule has 2 atom stereocenters. The van der Waals surface area contributed by atoms with Crippen LogP contribution in [0.5, 0.6) is 0 Å². The Bertz CT molecular complexity index is 201. The number of hydrogen-bond acceptors (Lipinski definition) is 3. The Kier molecular flexibility index (Phi) is 3.27. The van der Waals surface area contributed by atoms with Gasteiger partial charge in [0.25, 0.3) is 0 Å². The van der Waals surface area contributed by atoms with Gasteiger partial charge in [-0.3, -0.25) is 14.9 Å². The predicted octanol–water partition coefficient (Wildman–Crippen LogP) is -0.714. The van der Waals surface area contributed by atoms with Crippen molar-refractivity contribution < 1.29 is 9.59 Å². The number of amides is 2. The highest BCUT2D eigenvalue weighted by molar-refractivity contribution is 14.1. The first-order valence-corrected chi connectivity index (χ1v) is 5.00. The van der Waals surface area contributed by atoms with Crippen molar-refractivity contribution in [3.05, 3.63) is 0 Å². The molecule has 11 heavy (non-hydrogen) atoms. The van der Waals surface area contributed by atoms with Gasteiger partial charge in [0.15, 0.2) is 0 Å². The van der Waals surface area contributed by atoms with Gasteiger partial charge >= 0.3 is 4.42 Å². The average Bonchev–Trinajstić information content (AvgIpc) is 2.09. The summed E-state index contributed by atoms with van der Waals surface area (Å²) in [6.07, 6.45) is 0.257. The lowest BCUT2D eigenvalue weighted by atomic mass is 10.2. The monoisotopic (exact) mass is 284 g/mol. The lowest BCUT2D eigenvalue weighted by Gasteiger charge is -2.07. The number of imide groups is 1. The van der Waals surface area contributed by atoms with Crippen LogP contribution in [0.3, 0.4) is 0 Å². The lowest BCUT2D eigenvalue weighted by Crippen LogP contribution is -2.40. The van der Waals surface area contributed by atoms with Crippen molar-refractivity contribution in [3.63, 3.8) is 0 Å². The fraction of sp³-hybridized carbons (Fsp3) is 0.500. The number of halogens is 1. The molecule has 1 aliphatic rings. The molecule has 1 aliphatic heterocycles. The van der Waals surface area contributed by atoms with Crippen LogP contribution in [0.25, 0.3) is 0 Å². The van der Waals surface area contributed by atoms with Crippen molar-refractivity contribution in [2.75, 3.05) is 0 Å². The largest absolute Gasteiger partial charge is 0.332 e. The van der Waals surface area contributed by atoms with E-state index in [1.807, 2.05) is 0 Å². The van der Waals surface area contributed by atoms with Crippen LogP contribution in [0.1, 0.15) is 6.42 Å². The van der Waals surface area contributed by atoms with Crippen LogP contribution >= 0.6 is 31.5 Å². The van der Waals surface area contributed by atoms with Gasteiger partial charge in [-0.25, -0.2) is 0 Å². The third kappa shape index (κ3) is 2.69. The fourth-order valence-corrected chi connectivity index (χ4v) is 1.55. The minimum absolute atomic E-state index is 0.120. The van der Waals surface area contributed by atoms with Crippen LogP contribution in [-0.2, 0) is 9.59 Å². The smallest absolute Gasteiger partial charge is 0.317 e. The topological polar surface area (TPSA) is 58.2 Å². The van der Waals surface area contributed by atoms with Crippen molar-refractivity contribution in [3.8, 4) is 0 Å². The summed E-state index contributed by atoms with van der Waals surface area (Å²) in [6.45, 7) is 0. The lowest BCUT2D eigenvalue weighted by molar-refractivity contribution is -0.125. The summed E-state index contributed by atoms with van der Waals surface area (Å²) in [7, 11) is 2.50. The molecule has 2 unspecified atom stereocenters. The van der Waals surface area contributed by atoms with E-state index in [9.17, 15) is 9.59 Å². The second-order valence-electron chi connectivity index (χ2n) is 2.24. The molecule has 0 bridgehead atoms. The van der Waals surface area contributed by atoms with Gasteiger partial charge in [0.2, 0.25) is 11.8 Å². The molecule has 2 amide bonds. The third-order valence-corrected chi connectivity index (χ3v) is 1.88. The predicted molar refractivity (Wildman–Crippen MR) is 54.2 cm³/mol. The molecule has 0 spiro atoms. The normalized spacial score (nSPS) is 23.6. The Hall–Kier alpha value is 0.325. The maximum atomic E-state index is 10.9. The van der Waals surface area contributed by atoms with E-state index in [0.29, 0.717) is 0 Å². The third-order valence-electron chi connectivity index (χ3n) is 1.33. The van der Waals surface area contributed by atoms with Gasteiger partial charge in [-0.2, -0.15) is 0 Å². The Balaban J connectivity index is 2.47. The zero-order valence-corrected chi connectivity index (χ0v) is 8.95. The summed E-state index contributed by atoms with van der Waals surface area (Å²) in [5, 5.41) is 5.16. The highest BCUT2D eigenvalue weighted by Gasteiger charge is 2.30. The summed E-state index contributed by atoms with van der Waals surface area (Å²) < 4.78 is 0.120. The summed E-state index contributed by atoms with van der Waals surface area (Å²) >= 11 is 2.11. The van der Waals surface area contributed by atoms with Crippen molar-refractivity contribution >= 4 is 47.7 Å². The van der Waals surface area contributed by atoms with Gasteiger partial charge in [-0.05, 0) is 0 Å². The standard InChI is InChI=1S/C4H7BIN2O2P/c6-5(11)8-2-1-3(9)7-4(2)10/h2,8H,1,11H2,(H,7,9,10). The second-order valence-corrected chi connectivity index (χ2v) is 5.60. The van der Waals surface area contributed by atoms with Crippen molar-refractivity contribution in [1.82, 2.24) is 10.5 Å². The Morgan fingerprint density at radius 3 is 2.73 bits per heavy atom. The molecule has 7 heteroatoms. The summed E-state index contributed by atoms with van der Waals surface area (Å²) in [6, 6.07) is -0.345. The van der Waals surface area contributed by atoms with Crippen LogP contribution < -0.4 is 10.5 Å². The van der Waals surface area contributed by atoms with E-state index >= 15 is 0 Å². The Morgan fingerprint density at radius 2 is 2.36 bits per heavy atom. The van der Waals surface area contributed by atoms with Gasteiger partial charge in [-0.15, -0.1) is 31.5 Å². The van der Waals surface area contributed by atoms with Gasteiger partial charge in [0, 0.05) is 0 Å². The van der Waals surface area contributed by atoms with Crippen LogP contribution in [0.2, 0.25) is 0 Å². The molecule has 1 saturated heterocycles. The zero-order chi connectivity index (χ0) is 8.43. The van der Waals surface area contributed by atoms with E-state index in [1.165, 1.54) is 0 Å². The quantitative estimate of drug-likeness (QED) is 0.305. The van der Waals surface area contributed by atoms with E-state index in [2.05, 4.69) is 42.0 Å². The number of carbonyl (C=O) groups is 2. The molecule has 4 nitrogen and oxygen atoms in total. The molecular weight excluding hydrogens is 277 g/mol. The minimum Gasteiger partial charge on any atom is -0.332 e. The van der Waals surface area contributed by atoms with Crippen molar-refractivity contribution in [2.45, 2.75) is 12.5 Å². The molecule has 60 valence electrons. The number of nitrogens with one attached hydrogen (secondary N) is 2. The highest BCUT2D eigenvalue weighted by atomic mass is 127. The average molecular weight is 284 g/mol. The molecule has 0 radical (unpaired) electrons. The van der Waals surface area contributed by atoms with Gasteiger partial charge < -0.3 is 5.23 Å². The van der Waals surface area contributed by atoms with E-state index in [4.69, 9.17) is 0 Å². The molecule has 0 aromatic rings. The Labute approximate surface area is 80.4 Å². The number of carbonyl (C=O) groups excluding carboxylic acids is 2.